The second-order valence-corrected chi connectivity index (χ2v) is 7.75. The lowest BCUT2D eigenvalue weighted by atomic mass is 10.0. The lowest BCUT2D eigenvalue weighted by Crippen LogP contribution is -2.34. The van der Waals surface area contributed by atoms with E-state index in [1.54, 1.807) is 46.0 Å². The smallest absolute Gasteiger partial charge is 0.492 e. The Morgan fingerprint density at radius 3 is 2.23 bits per heavy atom. The minimum atomic E-state index is -4.73. The van der Waals surface area contributed by atoms with Crippen molar-refractivity contribution in [1.82, 2.24) is 10.6 Å². The third-order valence-corrected chi connectivity index (χ3v) is 3.81. The van der Waals surface area contributed by atoms with Gasteiger partial charge in [-0.1, -0.05) is 12.1 Å². The van der Waals surface area contributed by atoms with E-state index >= 15 is 0 Å². The van der Waals surface area contributed by atoms with Crippen molar-refractivity contribution in [2.75, 3.05) is 20.2 Å². The van der Waals surface area contributed by atoms with E-state index in [4.69, 9.17) is 9.47 Å². The topological polar surface area (TPSA) is 68.8 Å². The number of rotatable bonds is 8. The predicted octanol–water partition coefficient (Wildman–Crippen LogP) is 4.88. The van der Waals surface area contributed by atoms with Gasteiger partial charge in [0.1, 0.15) is 23.7 Å². The molecular formula is C22H27F3N2O4. The van der Waals surface area contributed by atoms with Gasteiger partial charge in [0.15, 0.2) is 0 Å². The van der Waals surface area contributed by atoms with Crippen LogP contribution in [0.5, 0.6) is 11.5 Å². The Bertz CT molecular complexity index is 863. The second-order valence-electron chi connectivity index (χ2n) is 7.75. The first-order valence-electron chi connectivity index (χ1n) is 9.69. The van der Waals surface area contributed by atoms with Gasteiger partial charge in [0.25, 0.3) is 0 Å². The van der Waals surface area contributed by atoms with Crippen molar-refractivity contribution in [2.45, 2.75) is 39.3 Å². The molecule has 0 aliphatic carbocycles. The molecule has 2 aromatic carbocycles. The van der Waals surface area contributed by atoms with Gasteiger partial charge in [-0.25, -0.2) is 4.79 Å². The molecule has 2 aromatic rings. The minimum absolute atomic E-state index is 0.222. The first kappa shape index (κ1) is 24.3. The molecule has 0 spiro atoms. The van der Waals surface area contributed by atoms with Crippen molar-refractivity contribution < 1.29 is 32.2 Å². The van der Waals surface area contributed by atoms with Gasteiger partial charge in [0.2, 0.25) is 0 Å². The quantitative estimate of drug-likeness (QED) is 0.573. The van der Waals surface area contributed by atoms with E-state index in [1.165, 1.54) is 12.1 Å². The fourth-order valence-corrected chi connectivity index (χ4v) is 2.70. The molecular weight excluding hydrogens is 413 g/mol. The summed E-state index contributed by atoms with van der Waals surface area (Å²) in [5, 5.41) is 5.67. The SMILES string of the molecule is CNCc1cc(OCCNC(=O)OC(C)(C)C)cc(-c2ccc(OC(F)(F)F)cc2)c1. The van der Waals surface area contributed by atoms with Gasteiger partial charge in [-0.2, -0.15) is 0 Å². The number of carbonyl (C=O) groups is 1. The maximum atomic E-state index is 12.4. The zero-order valence-corrected chi connectivity index (χ0v) is 17.9. The van der Waals surface area contributed by atoms with Crippen LogP contribution in [0.1, 0.15) is 26.3 Å². The zero-order chi connectivity index (χ0) is 23.1. The minimum Gasteiger partial charge on any atom is -0.492 e. The molecule has 0 atom stereocenters. The van der Waals surface area contributed by atoms with Crippen molar-refractivity contribution in [1.29, 1.82) is 0 Å². The average Bonchev–Trinajstić information content (AvgIpc) is 2.63. The van der Waals surface area contributed by atoms with E-state index in [0.717, 1.165) is 11.1 Å². The maximum absolute atomic E-state index is 12.4. The Kier molecular flexibility index (Phi) is 8.15. The zero-order valence-electron chi connectivity index (χ0n) is 17.9. The largest absolute Gasteiger partial charge is 0.573 e. The molecule has 0 saturated heterocycles. The number of halogens is 3. The fourth-order valence-electron chi connectivity index (χ4n) is 2.70. The highest BCUT2D eigenvalue weighted by Gasteiger charge is 2.31. The number of alkyl carbamates (subject to hydrolysis) is 1. The molecule has 0 aliphatic heterocycles. The average molecular weight is 440 g/mol. The third-order valence-electron chi connectivity index (χ3n) is 3.81. The number of ether oxygens (including phenoxy) is 3. The van der Waals surface area contributed by atoms with Gasteiger partial charge < -0.3 is 24.8 Å². The lowest BCUT2D eigenvalue weighted by molar-refractivity contribution is -0.274. The third kappa shape index (κ3) is 9.17. The Morgan fingerprint density at radius 1 is 0.968 bits per heavy atom. The normalized spacial score (nSPS) is 11.7. The predicted molar refractivity (Wildman–Crippen MR) is 111 cm³/mol. The summed E-state index contributed by atoms with van der Waals surface area (Å²) in [6, 6.07) is 11.2. The first-order valence-corrected chi connectivity index (χ1v) is 9.69. The highest BCUT2D eigenvalue weighted by Crippen LogP contribution is 2.29. The highest BCUT2D eigenvalue weighted by atomic mass is 19.4. The van der Waals surface area contributed by atoms with Crippen molar-refractivity contribution in [3.63, 3.8) is 0 Å². The van der Waals surface area contributed by atoms with Gasteiger partial charge in [-0.15, -0.1) is 13.2 Å². The van der Waals surface area contributed by atoms with Crippen molar-refractivity contribution >= 4 is 6.09 Å². The summed E-state index contributed by atoms with van der Waals surface area (Å²) in [5.74, 6) is 0.289. The maximum Gasteiger partial charge on any atom is 0.573 e. The molecule has 0 radical (unpaired) electrons. The van der Waals surface area contributed by atoms with Crippen molar-refractivity contribution in [3.05, 3.63) is 48.0 Å². The lowest BCUT2D eigenvalue weighted by Gasteiger charge is -2.19. The molecule has 9 heteroatoms. The van der Waals surface area contributed by atoms with Gasteiger partial charge in [-0.05, 0) is 74.8 Å². The Labute approximate surface area is 179 Å². The number of amides is 1. The van der Waals surface area contributed by atoms with E-state index in [9.17, 15) is 18.0 Å². The van der Waals surface area contributed by atoms with Crippen LogP contribution < -0.4 is 20.1 Å². The van der Waals surface area contributed by atoms with Gasteiger partial charge in [-0.3, -0.25) is 0 Å². The molecule has 170 valence electrons. The van der Waals surface area contributed by atoms with Crippen molar-refractivity contribution in [2.24, 2.45) is 0 Å². The summed E-state index contributed by atoms with van der Waals surface area (Å²) >= 11 is 0. The summed E-state index contributed by atoms with van der Waals surface area (Å²) in [4.78, 5) is 11.7. The number of hydrogen-bond donors (Lipinski definition) is 2. The molecule has 2 N–H and O–H groups in total. The van der Waals surface area contributed by atoms with Gasteiger partial charge in [0.05, 0.1) is 6.54 Å². The number of benzene rings is 2. The second kappa shape index (κ2) is 10.4. The van der Waals surface area contributed by atoms with E-state index in [1.807, 2.05) is 12.1 Å². The molecule has 0 saturated carbocycles. The summed E-state index contributed by atoms with van der Waals surface area (Å²) in [5.41, 5.74) is 1.85. The molecule has 0 fully saturated rings. The Balaban J connectivity index is 2.06. The van der Waals surface area contributed by atoms with Crippen LogP contribution in [0.25, 0.3) is 11.1 Å². The van der Waals surface area contributed by atoms with Crippen LogP contribution in [-0.4, -0.2) is 38.3 Å². The van der Waals surface area contributed by atoms with Crippen LogP contribution in [0, 0.1) is 0 Å². The van der Waals surface area contributed by atoms with E-state index in [-0.39, 0.29) is 18.9 Å². The number of carbonyl (C=O) groups excluding carboxylic acids is 1. The molecule has 6 nitrogen and oxygen atoms in total. The van der Waals surface area contributed by atoms with Crippen LogP contribution >= 0.6 is 0 Å². The Morgan fingerprint density at radius 2 is 1.65 bits per heavy atom. The molecule has 0 aromatic heterocycles. The van der Waals surface area contributed by atoms with Crippen LogP contribution in [0.15, 0.2) is 42.5 Å². The van der Waals surface area contributed by atoms with E-state index < -0.39 is 18.1 Å². The van der Waals surface area contributed by atoms with Crippen LogP contribution in [0.4, 0.5) is 18.0 Å². The summed E-state index contributed by atoms with van der Waals surface area (Å²) in [7, 11) is 1.81. The number of hydrogen-bond acceptors (Lipinski definition) is 5. The van der Waals surface area contributed by atoms with Crippen LogP contribution in [-0.2, 0) is 11.3 Å². The fraction of sp³-hybridized carbons (Fsp3) is 0.409. The Hall–Kier alpha value is -2.94. The van der Waals surface area contributed by atoms with Crippen LogP contribution in [0.2, 0.25) is 0 Å². The molecule has 0 bridgehead atoms. The summed E-state index contributed by atoms with van der Waals surface area (Å²) < 4.78 is 51.9. The van der Waals surface area contributed by atoms with Crippen molar-refractivity contribution in [3.8, 4) is 22.6 Å². The summed E-state index contributed by atoms with van der Waals surface area (Å²) in [6.45, 7) is 6.39. The standard InChI is InChI=1S/C22H27F3N2O4/c1-21(2,3)31-20(28)27-9-10-29-19-12-15(14-26-4)11-17(13-19)16-5-7-18(8-6-16)30-22(23,24)25/h5-8,11-13,26H,9-10,14H2,1-4H3,(H,27,28). The molecule has 31 heavy (non-hydrogen) atoms. The van der Waals surface area contributed by atoms with Gasteiger partial charge >= 0.3 is 12.5 Å². The van der Waals surface area contributed by atoms with Gasteiger partial charge in [0, 0.05) is 6.54 Å². The monoisotopic (exact) mass is 440 g/mol. The molecule has 0 unspecified atom stereocenters. The molecule has 2 rings (SSSR count). The number of alkyl halides is 3. The molecule has 0 aliphatic rings. The van der Waals surface area contributed by atoms with E-state index in [2.05, 4.69) is 15.4 Å². The van der Waals surface area contributed by atoms with Crippen LogP contribution in [0.3, 0.4) is 0 Å². The first-order chi connectivity index (χ1) is 14.4. The molecule has 1 amide bonds. The summed E-state index contributed by atoms with van der Waals surface area (Å²) in [6.07, 6.45) is -5.26. The highest BCUT2D eigenvalue weighted by molar-refractivity contribution is 5.68. The van der Waals surface area contributed by atoms with E-state index in [0.29, 0.717) is 17.9 Å². The molecule has 0 heterocycles. The number of nitrogens with one attached hydrogen (secondary N) is 2.